The number of rotatable bonds is 3. The number of nitrogen functional groups attached to an aromatic ring is 1. The highest BCUT2D eigenvalue weighted by molar-refractivity contribution is 5.45. The number of aromatic nitrogens is 2. The number of anilines is 2. The zero-order valence-corrected chi connectivity index (χ0v) is 11.3. The van der Waals surface area contributed by atoms with Crippen LogP contribution in [0.1, 0.15) is 12.8 Å². The summed E-state index contributed by atoms with van der Waals surface area (Å²) >= 11 is 0. The first-order valence-corrected chi connectivity index (χ1v) is 6.20. The number of piperidine rings is 1. The molecule has 1 aliphatic heterocycles. The summed E-state index contributed by atoms with van der Waals surface area (Å²) < 4.78 is 5.12. The molecule has 2 N–H and O–H groups in total. The van der Waals surface area contributed by atoms with Crippen LogP contribution in [0.15, 0.2) is 6.07 Å². The second-order valence-electron chi connectivity index (χ2n) is 4.81. The molecule has 0 atom stereocenters. The lowest BCUT2D eigenvalue weighted by atomic mass is 10.0. The van der Waals surface area contributed by atoms with Gasteiger partial charge < -0.3 is 20.3 Å². The third-order valence-electron chi connectivity index (χ3n) is 3.43. The van der Waals surface area contributed by atoms with E-state index in [9.17, 15) is 0 Å². The molecule has 1 saturated heterocycles. The molecule has 1 aromatic rings. The molecule has 18 heavy (non-hydrogen) atoms. The van der Waals surface area contributed by atoms with Crippen LogP contribution in [0, 0.1) is 0 Å². The molecule has 6 heteroatoms. The van der Waals surface area contributed by atoms with Crippen molar-refractivity contribution in [3.8, 4) is 5.88 Å². The fourth-order valence-corrected chi connectivity index (χ4v) is 2.31. The van der Waals surface area contributed by atoms with Gasteiger partial charge in [-0.25, -0.2) is 0 Å². The Balaban J connectivity index is 2.07. The van der Waals surface area contributed by atoms with Gasteiger partial charge >= 0.3 is 0 Å². The Morgan fingerprint density at radius 3 is 2.56 bits per heavy atom. The van der Waals surface area contributed by atoms with Gasteiger partial charge in [-0.2, -0.15) is 9.97 Å². The van der Waals surface area contributed by atoms with Crippen LogP contribution >= 0.6 is 0 Å². The van der Waals surface area contributed by atoms with E-state index in [1.807, 2.05) is 6.07 Å². The first-order chi connectivity index (χ1) is 8.60. The number of nitrogens with two attached hydrogens (primary N) is 1. The van der Waals surface area contributed by atoms with E-state index in [0.717, 1.165) is 31.7 Å². The van der Waals surface area contributed by atoms with Crippen LogP contribution in [0.5, 0.6) is 5.88 Å². The van der Waals surface area contributed by atoms with E-state index in [1.54, 1.807) is 7.11 Å². The van der Waals surface area contributed by atoms with Crippen molar-refractivity contribution in [2.24, 2.45) is 0 Å². The molecule has 0 aliphatic carbocycles. The molecule has 0 amide bonds. The third-order valence-corrected chi connectivity index (χ3v) is 3.43. The third kappa shape index (κ3) is 2.81. The monoisotopic (exact) mass is 251 g/mol. The van der Waals surface area contributed by atoms with Crippen molar-refractivity contribution in [3.63, 3.8) is 0 Å². The fourth-order valence-electron chi connectivity index (χ4n) is 2.31. The molecule has 1 aliphatic rings. The predicted molar refractivity (Wildman–Crippen MR) is 71.9 cm³/mol. The highest BCUT2D eigenvalue weighted by Gasteiger charge is 2.22. The number of ether oxygens (including phenoxy) is 1. The summed E-state index contributed by atoms with van der Waals surface area (Å²) in [6, 6.07) is 2.49. The average Bonchev–Trinajstić information content (AvgIpc) is 2.38. The first kappa shape index (κ1) is 12.9. The molecule has 0 aromatic carbocycles. The Morgan fingerprint density at radius 1 is 1.33 bits per heavy atom. The largest absolute Gasteiger partial charge is 0.481 e. The van der Waals surface area contributed by atoms with Gasteiger partial charge in [0.05, 0.1) is 7.11 Å². The average molecular weight is 251 g/mol. The van der Waals surface area contributed by atoms with Crippen LogP contribution in [-0.4, -0.2) is 55.2 Å². The van der Waals surface area contributed by atoms with Crippen LogP contribution < -0.4 is 15.4 Å². The molecular formula is C12H21N5O. The highest BCUT2D eigenvalue weighted by Crippen LogP contribution is 2.23. The van der Waals surface area contributed by atoms with Crippen LogP contribution in [0.25, 0.3) is 0 Å². The lowest BCUT2D eigenvalue weighted by molar-refractivity contribution is 0.249. The normalized spacial score (nSPS) is 17.2. The van der Waals surface area contributed by atoms with Crippen molar-refractivity contribution >= 4 is 11.8 Å². The quantitative estimate of drug-likeness (QED) is 0.848. The first-order valence-electron chi connectivity index (χ1n) is 6.20. The van der Waals surface area contributed by atoms with Gasteiger partial charge in [-0.3, -0.25) is 0 Å². The van der Waals surface area contributed by atoms with E-state index in [4.69, 9.17) is 10.5 Å². The molecule has 0 saturated carbocycles. The molecule has 0 spiro atoms. The van der Waals surface area contributed by atoms with Gasteiger partial charge in [-0.1, -0.05) is 0 Å². The lowest BCUT2D eigenvalue weighted by Gasteiger charge is -2.35. The number of methoxy groups -OCH3 is 1. The number of hydrogen-bond acceptors (Lipinski definition) is 6. The van der Waals surface area contributed by atoms with Crippen LogP contribution in [0.4, 0.5) is 11.8 Å². The molecule has 2 rings (SSSR count). The highest BCUT2D eigenvalue weighted by atomic mass is 16.5. The second-order valence-corrected chi connectivity index (χ2v) is 4.81. The SMILES string of the molecule is COc1cc(N2CCC(N(C)C)CC2)nc(N)n1. The van der Waals surface area contributed by atoms with Crippen molar-refractivity contribution in [1.29, 1.82) is 0 Å². The van der Waals surface area contributed by atoms with Crippen molar-refractivity contribution in [3.05, 3.63) is 6.07 Å². The van der Waals surface area contributed by atoms with E-state index < -0.39 is 0 Å². The van der Waals surface area contributed by atoms with Gasteiger partial charge in [-0.15, -0.1) is 0 Å². The molecular weight excluding hydrogens is 230 g/mol. The van der Waals surface area contributed by atoms with Crippen LogP contribution in [-0.2, 0) is 0 Å². The zero-order valence-electron chi connectivity index (χ0n) is 11.3. The van der Waals surface area contributed by atoms with Crippen LogP contribution in [0.2, 0.25) is 0 Å². The summed E-state index contributed by atoms with van der Waals surface area (Å²) in [4.78, 5) is 12.8. The van der Waals surface area contributed by atoms with E-state index in [0.29, 0.717) is 11.9 Å². The van der Waals surface area contributed by atoms with Crippen LogP contribution in [0.3, 0.4) is 0 Å². The standard InChI is InChI=1S/C12H21N5O/c1-16(2)9-4-6-17(7-5-9)10-8-11(18-3)15-12(13)14-10/h8-9H,4-7H2,1-3H3,(H2,13,14,15). The topological polar surface area (TPSA) is 67.5 Å². The molecule has 1 aromatic heterocycles. The van der Waals surface area contributed by atoms with E-state index >= 15 is 0 Å². The van der Waals surface area contributed by atoms with E-state index in [2.05, 4.69) is 33.9 Å². The summed E-state index contributed by atoms with van der Waals surface area (Å²) in [5.74, 6) is 1.64. The van der Waals surface area contributed by atoms with Crippen molar-refractivity contribution < 1.29 is 4.74 Å². The Labute approximate surface area is 108 Å². The van der Waals surface area contributed by atoms with E-state index in [-0.39, 0.29) is 5.95 Å². The molecule has 2 heterocycles. The molecule has 0 bridgehead atoms. The van der Waals surface area contributed by atoms with E-state index in [1.165, 1.54) is 0 Å². The van der Waals surface area contributed by atoms with Gasteiger partial charge in [0.15, 0.2) is 0 Å². The Morgan fingerprint density at radius 2 is 2.00 bits per heavy atom. The van der Waals surface area contributed by atoms with Crippen molar-refractivity contribution in [2.75, 3.05) is 44.9 Å². The Bertz CT molecular complexity index is 401. The molecule has 100 valence electrons. The Kier molecular flexibility index (Phi) is 3.86. The van der Waals surface area contributed by atoms with Gasteiger partial charge in [-0.05, 0) is 26.9 Å². The fraction of sp³-hybridized carbons (Fsp3) is 0.667. The predicted octanol–water partition coefficient (Wildman–Crippen LogP) is 0.598. The second kappa shape index (κ2) is 5.39. The summed E-state index contributed by atoms with van der Waals surface area (Å²) in [5, 5.41) is 0. The van der Waals surface area contributed by atoms with Crippen molar-refractivity contribution in [2.45, 2.75) is 18.9 Å². The zero-order chi connectivity index (χ0) is 13.1. The molecule has 0 unspecified atom stereocenters. The summed E-state index contributed by atoms with van der Waals surface area (Å²) in [6.45, 7) is 1.98. The Hall–Kier alpha value is -1.56. The molecule has 0 radical (unpaired) electrons. The smallest absolute Gasteiger partial charge is 0.225 e. The van der Waals surface area contributed by atoms with Gasteiger partial charge in [0.1, 0.15) is 5.82 Å². The van der Waals surface area contributed by atoms with Gasteiger partial charge in [0, 0.05) is 25.2 Å². The molecule has 1 fully saturated rings. The maximum Gasteiger partial charge on any atom is 0.225 e. The van der Waals surface area contributed by atoms with Gasteiger partial charge in [0.2, 0.25) is 11.8 Å². The lowest BCUT2D eigenvalue weighted by Crippen LogP contribution is -2.42. The number of hydrogen-bond donors (Lipinski definition) is 1. The minimum absolute atomic E-state index is 0.263. The minimum Gasteiger partial charge on any atom is -0.481 e. The number of nitrogens with zero attached hydrogens (tertiary/aromatic N) is 4. The summed E-state index contributed by atoms with van der Waals surface area (Å²) in [7, 11) is 5.85. The van der Waals surface area contributed by atoms with Gasteiger partial charge in [0.25, 0.3) is 0 Å². The minimum atomic E-state index is 0.263. The maximum absolute atomic E-state index is 5.68. The summed E-state index contributed by atoms with van der Waals surface area (Å²) in [6.07, 6.45) is 2.28. The van der Waals surface area contributed by atoms with Crippen molar-refractivity contribution in [1.82, 2.24) is 14.9 Å². The molecule has 6 nitrogen and oxygen atoms in total. The maximum atomic E-state index is 5.68. The summed E-state index contributed by atoms with van der Waals surface area (Å²) in [5.41, 5.74) is 5.68.